The molecule has 0 saturated heterocycles. The number of anilines is 1. The summed E-state index contributed by atoms with van der Waals surface area (Å²) in [6, 6.07) is 1.64. The van der Waals surface area contributed by atoms with Crippen molar-refractivity contribution in [1.82, 2.24) is 9.88 Å². The summed E-state index contributed by atoms with van der Waals surface area (Å²) in [5.74, 6) is -0.828. The van der Waals surface area contributed by atoms with Gasteiger partial charge in [0.25, 0.3) is 5.91 Å². The Balaban J connectivity index is 2.66. The molecule has 1 heterocycles. The first-order valence-corrected chi connectivity index (χ1v) is 7.32. The van der Waals surface area contributed by atoms with Gasteiger partial charge in [0.2, 0.25) is 0 Å². The normalized spacial score (nSPS) is 12.2. The third kappa shape index (κ3) is 4.81. The smallest absolute Gasteiger partial charge is 0.355 e. The van der Waals surface area contributed by atoms with Crippen molar-refractivity contribution < 1.29 is 14.3 Å². The van der Waals surface area contributed by atoms with Gasteiger partial charge in [-0.05, 0) is 33.3 Å². The van der Waals surface area contributed by atoms with E-state index in [1.807, 2.05) is 20.8 Å². The number of ether oxygens (including phenoxy) is 1. The minimum atomic E-state index is -0.828. The maximum atomic E-state index is 12.1. The summed E-state index contributed by atoms with van der Waals surface area (Å²) in [6.07, 6.45) is 2.76. The molecule has 1 unspecified atom stereocenters. The number of nitrogens with one attached hydrogen (secondary N) is 1. The zero-order chi connectivity index (χ0) is 16.0. The van der Waals surface area contributed by atoms with Crippen LogP contribution in [0.4, 0.5) is 5.69 Å². The number of aromatic nitrogens is 1. The zero-order valence-electron chi connectivity index (χ0n) is 13.2. The second-order valence-corrected chi connectivity index (χ2v) is 5.35. The molecule has 6 heteroatoms. The topological polar surface area (TPSA) is 86.3 Å². The number of carbonyl (C=O) groups excluding carboxylic acids is 2. The van der Waals surface area contributed by atoms with E-state index >= 15 is 0 Å². The lowest BCUT2D eigenvalue weighted by atomic mass is 10.3. The lowest BCUT2D eigenvalue weighted by molar-refractivity contribution is -0.129. The van der Waals surface area contributed by atoms with E-state index in [9.17, 15) is 9.59 Å². The molecule has 6 nitrogen and oxygen atoms in total. The van der Waals surface area contributed by atoms with Gasteiger partial charge in [-0.15, -0.1) is 0 Å². The summed E-state index contributed by atoms with van der Waals surface area (Å²) in [5.41, 5.74) is 6.57. The van der Waals surface area contributed by atoms with Gasteiger partial charge in [0.05, 0.1) is 5.69 Å². The van der Waals surface area contributed by atoms with Crippen molar-refractivity contribution >= 4 is 17.6 Å². The zero-order valence-corrected chi connectivity index (χ0v) is 13.2. The molecular formula is C15H25N3O3. The van der Waals surface area contributed by atoms with Crippen molar-refractivity contribution in [2.45, 2.75) is 52.7 Å². The molecule has 21 heavy (non-hydrogen) atoms. The van der Waals surface area contributed by atoms with Crippen LogP contribution in [-0.2, 0) is 9.53 Å². The quantitative estimate of drug-likeness (QED) is 0.596. The van der Waals surface area contributed by atoms with Gasteiger partial charge in [0.15, 0.2) is 6.10 Å². The van der Waals surface area contributed by atoms with Gasteiger partial charge in [-0.2, -0.15) is 0 Å². The highest BCUT2D eigenvalue weighted by atomic mass is 16.5. The summed E-state index contributed by atoms with van der Waals surface area (Å²) in [7, 11) is 0. The molecule has 0 saturated carbocycles. The average molecular weight is 295 g/mol. The molecule has 3 N–H and O–H groups in total. The molecule has 1 rings (SSSR count). The van der Waals surface area contributed by atoms with Crippen molar-refractivity contribution in [3.05, 3.63) is 18.0 Å². The molecular weight excluding hydrogens is 270 g/mol. The number of nitrogen functional groups attached to an aromatic ring is 1. The third-order valence-corrected chi connectivity index (χ3v) is 3.12. The molecule has 0 aliphatic rings. The van der Waals surface area contributed by atoms with E-state index in [1.54, 1.807) is 23.8 Å². The molecule has 1 aromatic heterocycles. The highest BCUT2D eigenvalue weighted by Gasteiger charge is 2.22. The fraction of sp³-hybridized carbons (Fsp3) is 0.600. The highest BCUT2D eigenvalue weighted by molar-refractivity contribution is 5.92. The molecule has 0 fully saturated rings. The molecule has 0 bridgehead atoms. The Bertz CT molecular complexity index is 494. The standard InChI is InChI=1S/C15H25N3O3/c1-5-6-7-17-14(19)11(4)21-15(20)13-8-12(16)9-18(13)10(2)3/h8-11H,5-7,16H2,1-4H3,(H,17,19). The van der Waals surface area contributed by atoms with E-state index in [0.717, 1.165) is 12.8 Å². The van der Waals surface area contributed by atoms with Crippen LogP contribution in [0.2, 0.25) is 0 Å². The molecule has 0 spiro atoms. The van der Waals surface area contributed by atoms with E-state index in [2.05, 4.69) is 5.32 Å². The number of rotatable bonds is 7. The number of carbonyl (C=O) groups is 2. The van der Waals surface area contributed by atoms with Gasteiger partial charge in [0, 0.05) is 18.8 Å². The van der Waals surface area contributed by atoms with E-state index in [-0.39, 0.29) is 11.9 Å². The number of hydrogen-bond acceptors (Lipinski definition) is 4. The molecule has 0 aliphatic carbocycles. The van der Waals surface area contributed by atoms with E-state index in [4.69, 9.17) is 10.5 Å². The second kappa shape index (κ2) is 7.71. The van der Waals surface area contributed by atoms with Gasteiger partial charge in [0.1, 0.15) is 5.69 Å². The van der Waals surface area contributed by atoms with Gasteiger partial charge in [-0.3, -0.25) is 4.79 Å². The van der Waals surface area contributed by atoms with Gasteiger partial charge in [-0.1, -0.05) is 13.3 Å². The number of hydrogen-bond donors (Lipinski definition) is 2. The molecule has 1 atom stereocenters. The molecule has 118 valence electrons. The van der Waals surface area contributed by atoms with Crippen LogP contribution in [0, 0.1) is 0 Å². The Morgan fingerprint density at radius 2 is 2.05 bits per heavy atom. The van der Waals surface area contributed by atoms with Gasteiger partial charge < -0.3 is 20.4 Å². The fourth-order valence-corrected chi connectivity index (χ4v) is 1.90. The van der Waals surface area contributed by atoms with Gasteiger partial charge in [-0.25, -0.2) is 4.79 Å². The first kappa shape index (κ1) is 17.1. The summed E-state index contributed by atoms with van der Waals surface area (Å²) in [6.45, 7) is 8.08. The minimum Gasteiger partial charge on any atom is -0.448 e. The Hall–Kier alpha value is -1.98. The van der Waals surface area contributed by atoms with Crippen molar-refractivity contribution in [2.75, 3.05) is 12.3 Å². The van der Waals surface area contributed by atoms with Crippen LogP contribution in [-0.4, -0.2) is 29.1 Å². The maximum absolute atomic E-state index is 12.1. The third-order valence-electron chi connectivity index (χ3n) is 3.12. The number of nitrogens with zero attached hydrogens (tertiary/aromatic N) is 1. The highest BCUT2D eigenvalue weighted by Crippen LogP contribution is 2.17. The molecule has 0 aromatic carbocycles. The van der Waals surface area contributed by atoms with Crippen molar-refractivity contribution in [3.8, 4) is 0 Å². The first-order valence-electron chi connectivity index (χ1n) is 7.32. The summed E-state index contributed by atoms with van der Waals surface area (Å²) >= 11 is 0. The van der Waals surface area contributed by atoms with Crippen LogP contribution in [0.15, 0.2) is 12.3 Å². The van der Waals surface area contributed by atoms with E-state index < -0.39 is 12.1 Å². The fourth-order valence-electron chi connectivity index (χ4n) is 1.90. The summed E-state index contributed by atoms with van der Waals surface area (Å²) < 4.78 is 6.94. The molecule has 0 radical (unpaired) electrons. The minimum absolute atomic E-state index is 0.0820. The van der Waals surface area contributed by atoms with Crippen LogP contribution in [0.1, 0.15) is 57.1 Å². The van der Waals surface area contributed by atoms with Crippen LogP contribution in [0.25, 0.3) is 0 Å². The SMILES string of the molecule is CCCCNC(=O)C(C)OC(=O)c1cc(N)cn1C(C)C. The molecule has 1 amide bonds. The first-order chi connectivity index (χ1) is 9.86. The van der Waals surface area contributed by atoms with Crippen LogP contribution >= 0.6 is 0 Å². The maximum Gasteiger partial charge on any atom is 0.355 e. The van der Waals surface area contributed by atoms with E-state index in [0.29, 0.717) is 17.9 Å². The second-order valence-electron chi connectivity index (χ2n) is 5.35. The van der Waals surface area contributed by atoms with Crippen LogP contribution in [0.3, 0.4) is 0 Å². The Kier molecular flexibility index (Phi) is 6.27. The summed E-state index contributed by atoms with van der Waals surface area (Å²) in [5, 5.41) is 2.74. The number of amides is 1. The number of nitrogens with two attached hydrogens (primary N) is 1. The summed E-state index contributed by atoms with van der Waals surface area (Å²) in [4.78, 5) is 23.9. The van der Waals surface area contributed by atoms with Crippen molar-refractivity contribution in [2.24, 2.45) is 0 Å². The van der Waals surface area contributed by atoms with Crippen molar-refractivity contribution in [3.63, 3.8) is 0 Å². The van der Waals surface area contributed by atoms with Crippen molar-refractivity contribution in [1.29, 1.82) is 0 Å². The van der Waals surface area contributed by atoms with Crippen LogP contribution in [0.5, 0.6) is 0 Å². The lowest BCUT2D eigenvalue weighted by Crippen LogP contribution is -2.36. The predicted octanol–water partition coefficient (Wildman–Crippen LogP) is 2.11. The van der Waals surface area contributed by atoms with E-state index in [1.165, 1.54) is 0 Å². The lowest BCUT2D eigenvalue weighted by Gasteiger charge is -2.15. The monoisotopic (exact) mass is 295 g/mol. The number of esters is 1. The largest absolute Gasteiger partial charge is 0.448 e. The number of unbranched alkanes of at least 4 members (excludes halogenated alkanes) is 1. The average Bonchev–Trinajstić information content (AvgIpc) is 2.81. The van der Waals surface area contributed by atoms with Gasteiger partial charge >= 0.3 is 5.97 Å². The van der Waals surface area contributed by atoms with Crippen LogP contribution < -0.4 is 11.1 Å². The molecule has 1 aromatic rings. The predicted molar refractivity (Wildman–Crippen MR) is 82.0 cm³/mol. The molecule has 0 aliphatic heterocycles. The Morgan fingerprint density at radius 1 is 1.38 bits per heavy atom. The Labute approximate surface area is 125 Å². The Morgan fingerprint density at radius 3 is 2.62 bits per heavy atom.